The predicted octanol–water partition coefficient (Wildman–Crippen LogP) is 9.71. The molecule has 0 saturated heterocycles. The van der Waals surface area contributed by atoms with Crippen molar-refractivity contribution in [1.29, 1.82) is 0 Å². The number of nitrogens with zero attached hydrogens (tertiary/aromatic N) is 1. The molecule has 52 heavy (non-hydrogen) atoms. The zero-order valence-electron chi connectivity index (χ0n) is 29.0. The zero-order valence-corrected chi connectivity index (χ0v) is 29.0. The SMILES string of the molecule is O=C(OCc1ccccc1)c1cc(NC(=O)c2nc(-c3ccc4ccccc4c3)[nH]c2CC2CCCCCC2)cc(C(=O)OCc2ccccc2)c1. The van der Waals surface area contributed by atoms with E-state index in [9.17, 15) is 14.4 Å². The molecule has 1 heterocycles. The standard InChI is InChI=1S/C44H41N3O5/c48-42(40-39(23-30-13-5-1-2-6-14-30)46-41(47-40)35-22-21-33-19-11-12-20-34(33)24-35)45-38-26-36(43(49)51-28-31-15-7-3-8-16-31)25-37(27-38)44(50)52-29-32-17-9-4-10-18-32/h3-4,7-12,15-22,24-27,30H,1-2,5-6,13-14,23,28-29H2,(H,45,48)(H,46,47). The van der Waals surface area contributed by atoms with E-state index in [1.165, 1.54) is 43.9 Å². The summed E-state index contributed by atoms with van der Waals surface area (Å²) in [6.45, 7) is 0.110. The number of aromatic amines is 1. The number of rotatable bonds is 11. The Hall–Kier alpha value is -6.02. The Morgan fingerprint density at radius 3 is 1.85 bits per heavy atom. The van der Waals surface area contributed by atoms with Gasteiger partial charge in [-0.05, 0) is 58.5 Å². The molecule has 8 nitrogen and oxygen atoms in total. The van der Waals surface area contributed by atoms with Crippen LogP contribution in [0.5, 0.6) is 0 Å². The van der Waals surface area contributed by atoms with Gasteiger partial charge in [0.05, 0.1) is 11.1 Å². The van der Waals surface area contributed by atoms with E-state index in [0.29, 0.717) is 18.2 Å². The summed E-state index contributed by atoms with van der Waals surface area (Å²) < 4.78 is 11.2. The number of carbonyl (C=O) groups excluding carboxylic acids is 3. The Morgan fingerprint density at radius 2 is 1.23 bits per heavy atom. The van der Waals surface area contributed by atoms with Crippen molar-refractivity contribution in [3.05, 3.63) is 155 Å². The molecule has 1 fully saturated rings. The number of fused-ring (bicyclic) bond motifs is 1. The average Bonchev–Trinajstić information content (AvgIpc) is 3.44. The van der Waals surface area contributed by atoms with Gasteiger partial charge in [0, 0.05) is 16.9 Å². The summed E-state index contributed by atoms with van der Waals surface area (Å²) in [5.41, 5.74) is 4.06. The fourth-order valence-electron chi connectivity index (χ4n) is 6.81. The van der Waals surface area contributed by atoms with Gasteiger partial charge < -0.3 is 19.8 Å². The Bertz CT molecular complexity index is 2100. The van der Waals surface area contributed by atoms with Crippen LogP contribution in [0.2, 0.25) is 0 Å². The Balaban J connectivity index is 1.18. The number of hydrogen-bond acceptors (Lipinski definition) is 6. The van der Waals surface area contributed by atoms with Crippen LogP contribution in [-0.2, 0) is 29.1 Å². The minimum atomic E-state index is -0.635. The second-order valence-electron chi connectivity index (χ2n) is 13.4. The fraction of sp³-hybridized carbons (Fsp3) is 0.227. The lowest BCUT2D eigenvalue weighted by atomic mass is 9.94. The van der Waals surface area contributed by atoms with Gasteiger partial charge in [-0.1, -0.05) is 136 Å². The van der Waals surface area contributed by atoms with Gasteiger partial charge in [-0.15, -0.1) is 0 Å². The van der Waals surface area contributed by atoms with Crippen LogP contribution in [0.25, 0.3) is 22.2 Å². The molecule has 7 rings (SSSR count). The maximum Gasteiger partial charge on any atom is 0.338 e. The van der Waals surface area contributed by atoms with Crippen molar-refractivity contribution in [2.24, 2.45) is 5.92 Å². The van der Waals surface area contributed by atoms with Crippen LogP contribution in [-0.4, -0.2) is 27.8 Å². The molecule has 1 saturated carbocycles. The summed E-state index contributed by atoms with van der Waals surface area (Å²) in [5, 5.41) is 5.14. The lowest BCUT2D eigenvalue weighted by Gasteiger charge is -2.14. The summed E-state index contributed by atoms with van der Waals surface area (Å²) in [4.78, 5) is 49.2. The maximum absolute atomic E-state index is 14.2. The molecule has 0 unspecified atom stereocenters. The van der Waals surface area contributed by atoms with E-state index in [-0.39, 0.29) is 35.7 Å². The molecular weight excluding hydrogens is 651 g/mol. The summed E-state index contributed by atoms with van der Waals surface area (Å²) in [7, 11) is 0. The first-order valence-electron chi connectivity index (χ1n) is 17.9. The normalized spacial score (nSPS) is 13.3. The summed E-state index contributed by atoms with van der Waals surface area (Å²) >= 11 is 0. The van der Waals surface area contributed by atoms with E-state index in [1.807, 2.05) is 78.9 Å². The van der Waals surface area contributed by atoms with E-state index < -0.39 is 17.8 Å². The highest BCUT2D eigenvalue weighted by Gasteiger charge is 2.24. The van der Waals surface area contributed by atoms with Gasteiger partial charge in [0.15, 0.2) is 0 Å². The molecule has 262 valence electrons. The van der Waals surface area contributed by atoms with Crippen molar-refractivity contribution in [2.75, 3.05) is 5.32 Å². The highest BCUT2D eigenvalue weighted by molar-refractivity contribution is 6.06. The molecule has 1 aliphatic carbocycles. The number of esters is 2. The second kappa shape index (κ2) is 16.3. The number of hydrogen-bond donors (Lipinski definition) is 2. The number of carbonyl (C=O) groups is 3. The van der Waals surface area contributed by atoms with Gasteiger partial charge in [-0.25, -0.2) is 14.6 Å². The van der Waals surface area contributed by atoms with Gasteiger partial charge in [0.25, 0.3) is 5.91 Å². The molecule has 0 radical (unpaired) electrons. The number of aromatic nitrogens is 2. The van der Waals surface area contributed by atoms with Crippen molar-refractivity contribution in [3.8, 4) is 11.4 Å². The number of ether oxygens (including phenoxy) is 2. The smallest absolute Gasteiger partial charge is 0.338 e. The molecule has 0 spiro atoms. The number of imidazole rings is 1. The predicted molar refractivity (Wildman–Crippen MR) is 202 cm³/mol. The first-order valence-corrected chi connectivity index (χ1v) is 17.9. The van der Waals surface area contributed by atoms with Crippen LogP contribution in [0.3, 0.4) is 0 Å². The fourth-order valence-corrected chi connectivity index (χ4v) is 6.81. The van der Waals surface area contributed by atoms with Crippen LogP contribution >= 0.6 is 0 Å². The molecule has 0 atom stereocenters. The lowest BCUT2D eigenvalue weighted by molar-refractivity contribution is 0.0470. The van der Waals surface area contributed by atoms with Crippen LogP contribution in [0, 0.1) is 5.92 Å². The summed E-state index contributed by atoms with van der Waals surface area (Å²) in [6, 6.07) is 37.4. The van der Waals surface area contributed by atoms with Crippen LogP contribution < -0.4 is 5.32 Å². The van der Waals surface area contributed by atoms with Gasteiger partial charge in [-0.3, -0.25) is 4.79 Å². The molecule has 1 aromatic heterocycles. The second-order valence-corrected chi connectivity index (χ2v) is 13.4. The summed E-state index contributed by atoms with van der Waals surface area (Å²) in [5.74, 6) is -0.658. The number of amides is 1. The monoisotopic (exact) mass is 691 g/mol. The molecule has 1 aliphatic rings. The van der Waals surface area contributed by atoms with E-state index >= 15 is 0 Å². The molecule has 2 N–H and O–H groups in total. The van der Waals surface area contributed by atoms with Crippen molar-refractivity contribution < 1.29 is 23.9 Å². The average molecular weight is 692 g/mol. The number of H-pyrrole nitrogens is 1. The van der Waals surface area contributed by atoms with Gasteiger partial charge in [-0.2, -0.15) is 0 Å². The number of anilines is 1. The molecule has 0 aliphatic heterocycles. The first-order chi connectivity index (χ1) is 25.5. The highest BCUT2D eigenvalue weighted by Crippen LogP contribution is 2.30. The molecule has 8 heteroatoms. The Kier molecular flexibility index (Phi) is 10.8. The van der Waals surface area contributed by atoms with Gasteiger partial charge >= 0.3 is 11.9 Å². The van der Waals surface area contributed by atoms with Crippen molar-refractivity contribution >= 4 is 34.3 Å². The largest absolute Gasteiger partial charge is 0.457 e. The van der Waals surface area contributed by atoms with Crippen LogP contribution in [0.15, 0.2) is 121 Å². The minimum Gasteiger partial charge on any atom is -0.457 e. The zero-order chi connectivity index (χ0) is 35.7. The third kappa shape index (κ3) is 8.64. The van der Waals surface area contributed by atoms with Crippen LogP contribution in [0.1, 0.15) is 86.6 Å². The van der Waals surface area contributed by atoms with Crippen molar-refractivity contribution in [1.82, 2.24) is 9.97 Å². The lowest BCUT2D eigenvalue weighted by Crippen LogP contribution is -2.17. The van der Waals surface area contributed by atoms with E-state index in [4.69, 9.17) is 14.5 Å². The highest BCUT2D eigenvalue weighted by atomic mass is 16.5. The number of benzene rings is 5. The topological polar surface area (TPSA) is 110 Å². The maximum atomic E-state index is 14.2. The molecule has 1 amide bonds. The van der Waals surface area contributed by atoms with Crippen LogP contribution in [0.4, 0.5) is 5.69 Å². The molecule has 0 bridgehead atoms. The Labute approximate surface area is 303 Å². The molecule has 5 aromatic carbocycles. The van der Waals surface area contributed by atoms with E-state index in [2.05, 4.69) is 34.6 Å². The van der Waals surface area contributed by atoms with E-state index in [1.54, 1.807) is 0 Å². The van der Waals surface area contributed by atoms with Crippen molar-refractivity contribution in [3.63, 3.8) is 0 Å². The minimum absolute atomic E-state index is 0.0550. The first kappa shape index (κ1) is 34.4. The number of nitrogens with one attached hydrogen (secondary N) is 2. The third-order valence-corrected chi connectivity index (χ3v) is 9.57. The van der Waals surface area contributed by atoms with E-state index in [0.717, 1.165) is 46.0 Å². The Morgan fingerprint density at radius 1 is 0.654 bits per heavy atom. The van der Waals surface area contributed by atoms with Crippen molar-refractivity contribution in [2.45, 2.75) is 58.2 Å². The third-order valence-electron chi connectivity index (χ3n) is 9.57. The quantitative estimate of drug-likeness (QED) is 0.103. The van der Waals surface area contributed by atoms with Gasteiger partial charge in [0.2, 0.25) is 0 Å². The molecular formula is C44H41N3O5. The van der Waals surface area contributed by atoms with Gasteiger partial charge in [0.1, 0.15) is 24.7 Å². The summed E-state index contributed by atoms with van der Waals surface area (Å²) in [6.07, 6.45) is 7.72. The molecule has 6 aromatic rings.